The lowest BCUT2D eigenvalue weighted by molar-refractivity contribution is -0.132. The molecule has 0 radical (unpaired) electrons. The Kier molecular flexibility index (Phi) is 5.64. The molecule has 1 amide bonds. The van der Waals surface area contributed by atoms with Crippen molar-refractivity contribution in [2.45, 2.75) is 64.0 Å². The maximum Gasteiger partial charge on any atom is 0.236 e. The Morgan fingerprint density at radius 1 is 1.21 bits per heavy atom. The van der Waals surface area contributed by atoms with Crippen molar-refractivity contribution >= 4 is 5.91 Å². The van der Waals surface area contributed by atoms with Crippen LogP contribution in [0.15, 0.2) is 0 Å². The maximum absolute atomic E-state index is 12.3. The normalized spacial score (nSPS) is 28.1. The van der Waals surface area contributed by atoms with Gasteiger partial charge in [-0.15, -0.1) is 0 Å². The second kappa shape index (κ2) is 7.25. The first kappa shape index (κ1) is 14.8. The third kappa shape index (κ3) is 4.18. The first-order chi connectivity index (χ1) is 9.20. The van der Waals surface area contributed by atoms with Gasteiger partial charge < -0.3 is 10.6 Å². The molecule has 2 fully saturated rings. The number of nitrogens with zero attached hydrogens (tertiary/aromatic N) is 2. The highest BCUT2D eigenvalue weighted by Crippen LogP contribution is 2.22. The van der Waals surface area contributed by atoms with Crippen molar-refractivity contribution in [2.75, 3.05) is 26.2 Å². The van der Waals surface area contributed by atoms with E-state index < -0.39 is 0 Å². The van der Waals surface area contributed by atoms with Gasteiger partial charge in [0.2, 0.25) is 5.91 Å². The quantitative estimate of drug-likeness (QED) is 0.823. The number of hydrogen-bond acceptors (Lipinski definition) is 3. The molecule has 19 heavy (non-hydrogen) atoms. The first-order valence-corrected chi connectivity index (χ1v) is 7.98. The number of nitrogens with two attached hydrogens (primary N) is 1. The van der Waals surface area contributed by atoms with Crippen molar-refractivity contribution in [3.05, 3.63) is 0 Å². The molecule has 0 spiro atoms. The summed E-state index contributed by atoms with van der Waals surface area (Å²) in [6.45, 7) is 5.79. The van der Waals surface area contributed by atoms with Gasteiger partial charge in [0, 0.05) is 25.2 Å². The molecule has 1 saturated carbocycles. The van der Waals surface area contributed by atoms with E-state index in [1.807, 2.05) is 4.90 Å². The molecule has 0 bridgehead atoms. The second-order valence-electron chi connectivity index (χ2n) is 6.13. The van der Waals surface area contributed by atoms with Gasteiger partial charge in [-0.25, -0.2) is 0 Å². The van der Waals surface area contributed by atoms with Gasteiger partial charge in [0.25, 0.3) is 0 Å². The van der Waals surface area contributed by atoms with E-state index in [4.69, 9.17) is 5.73 Å². The number of hydrogen-bond donors (Lipinski definition) is 1. The summed E-state index contributed by atoms with van der Waals surface area (Å²) in [6.07, 6.45) is 8.03. The Morgan fingerprint density at radius 2 is 1.84 bits per heavy atom. The Labute approximate surface area is 117 Å². The molecule has 4 nitrogen and oxygen atoms in total. The number of carbonyl (C=O) groups excluding carboxylic acids is 1. The molecule has 2 N–H and O–H groups in total. The molecule has 1 aliphatic heterocycles. The zero-order chi connectivity index (χ0) is 13.7. The summed E-state index contributed by atoms with van der Waals surface area (Å²) < 4.78 is 0. The van der Waals surface area contributed by atoms with Crippen LogP contribution in [-0.4, -0.2) is 54.0 Å². The van der Waals surface area contributed by atoms with Crippen LogP contribution < -0.4 is 5.73 Å². The summed E-state index contributed by atoms with van der Waals surface area (Å²) in [5.74, 6) is 0.334. The third-order valence-electron chi connectivity index (χ3n) is 4.57. The SMILES string of the molecule is CCCN(CC(=O)N1CCCC1)C1CCC(N)CC1. The van der Waals surface area contributed by atoms with Crippen LogP contribution in [0.2, 0.25) is 0 Å². The van der Waals surface area contributed by atoms with Crippen molar-refractivity contribution in [1.82, 2.24) is 9.80 Å². The van der Waals surface area contributed by atoms with E-state index >= 15 is 0 Å². The van der Waals surface area contributed by atoms with Crippen LogP contribution in [0.5, 0.6) is 0 Å². The number of rotatable bonds is 5. The summed E-state index contributed by atoms with van der Waals surface area (Å²) >= 11 is 0. The maximum atomic E-state index is 12.3. The monoisotopic (exact) mass is 267 g/mol. The minimum absolute atomic E-state index is 0.334. The minimum Gasteiger partial charge on any atom is -0.342 e. The largest absolute Gasteiger partial charge is 0.342 e. The predicted octanol–water partition coefficient (Wildman–Crippen LogP) is 1.59. The van der Waals surface area contributed by atoms with Gasteiger partial charge in [0.15, 0.2) is 0 Å². The van der Waals surface area contributed by atoms with Gasteiger partial charge in [-0.3, -0.25) is 9.69 Å². The molecule has 0 atom stereocenters. The molecule has 1 aliphatic carbocycles. The second-order valence-corrected chi connectivity index (χ2v) is 6.13. The van der Waals surface area contributed by atoms with Crippen molar-refractivity contribution in [3.8, 4) is 0 Å². The van der Waals surface area contributed by atoms with Crippen LogP contribution in [-0.2, 0) is 4.79 Å². The molecule has 0 aromatic rings. The number of amides is 1. The van der Waals surface area contributed by atoms with Crippen molar-refractivity contribution in [3.63, 3.8) is 0 Å². The fourth-order valence-corrected chi connectivity index (χ4v) is 3.38. The first-order valence-electron chi connectivity index (χ1n) is 7.98. The zero-order valence-corrected chi connectivity index (χ0v) is 12.3. The van der Waals surface area contributed by atoms with Gasteiger partial charge in [0.05, 0.1) is 6.54 Å². The number of likely N-dealkylation sites (tertiary alicyclic amines) is 1. The zero-order valence-electron chi connectivity index (χ0n) is 12.3. The van der Waals surface area contributed by atoms with E-state index in [1.165, 1.54) is 12.8 Å². The summed E-state index contributed by atoms with van der Waals surface area (Å²) in [6, 6.07) is 0.959. The van der Waals surface area contributed by atoms with E-state index in [0.29, 0.717) is 24.5 Å². The minimum atomic E-state index is 0.334. The van der Waals surface area contributed by atoms with Gasteiger partial charge in [-0.1, -0.05) is 6.92 Å². The molecular weight excluding hydrogens is 238 g/mol. The van der Waals surface area contributed by atoms with Crippen LogP contribution in [0.1, 0.15) is 51.9 Å². The smallest absolute Gasteiger partial charge is 0.236 e. The van der Waals surface area contributed by atoms with E-state index in [9.17, 15) is 4.79 Å². The summed E-state index contributed by atoms with van der Waals surface area (Å²) in [4.78, 5) is 16.7. The van der Waals surface area contributed by atoms with Gasteiger partial charge in [0.1, 0.15) is 0 Å². The van der Waals surface area contributed by atoms with Crippen molar-refractivity contribution in [1.29, 1.82) is 0 Å². The molecule has 1 saturated heterocycles. The van der Waals surface area contributed by atoms with Crippen LogP contribution in [0.4, 0.5) is 0 Å². The van der Waals surface area contributed by atoms with Gasteiger partial charge in [-0.05, 0) is 51.5 Å². The highest BCUT2D eigenvalue weighted by Gasteiger charge is 2.27. The van der Waals surface area contributed by atoms with Crippen molar-refractivity contribution in [2.24, 2.45) is 5.73 Å². The van der Waals surface area contributed by atoms with E-state index in [0.717, 1.165) is 51.7 Å². The Morgan fingerprint density at radius 3 is 2.42 bits per heavy atom. The highest BCUT2D eigenvalue weighted by atomic mass is 16.2. The third-order valence-corrected chi connectivity index (χ3v) is 4.57. The van der Waals surface area contributed by atoms with Crippen LogP contribution in [0.3, 0.4) is 0 Å². The number of carbonyl (C=O) groups is 1. The molecule has 4 heteroatoms. The lowest BCUT2D eigenvalue weighted by Crippen LogP contribution is -2.46. The molecule has 0 unspecified atom stereocenters. The standard InChI is InChI=1S/C15H29N3O/c1-2-9-18(14-7-5-13(16)6-8-14)12-15(19)17-10-3-4-11-17/h13-14H,2-12,16H2,1H3. The Balaban J connectivity index is 1.86. The molecule has 0 aromatic heterocycles. The van der Waals surface area contributed by atoms with Crippen LogP contribution >= 0.6 is 0 Å². The lowest BCUT2D eigenvalue weighted by Gasteiger charge is -2.36. The fraction of sp³-hybridized carbons (Fsp3) is 0.933. The Hall–Kier alpha value is -0.610. The molecule has 1 heterocycles. The van der Waals surface area contributed by atoms with Crippen molar-refractivity contribution < 1.29 is 4.79 Å². The molecule has 110 valence electrons. The summed E-state index contributed by atoms with van der Waals surface area (Å²) in [5.41, 5.74) is 5.98. The van der Waals surface area contributed by atoms with Gasteiger partial charge >= 0.3 is 0 Å². The highest BCUT2D eigenvalue weighted by molar-refractivity contribution is 5.78. The van der Waals surface area contributed by atoms with E-state index in [-0.39, 0.29) is 0 Å². The summed E-state index contributed by atoms with van der Waals surface area (Å²) in [5, 5.41) is 0. The topological polar surface area (TPSA) is 49.6 Å². The average molecular weight is 267 g/mol. The van der Waals surface area contributed by atoms with E-state index in [1.54, 1.807) is 0 Å². The molecule has 0 aromatic carbocycles. The van der Waals surface area contributed by atoms with Crippen LogP contribution in [0, 0.1) is 0 Å². The average Bonchev–Trinajstić information content (AvgIpc) is 2.93. The lowest BCUT2D eigenvalue weighted by atomic mass is 9.90. The molecule has 2 rings (SSSR count). The molecule has 2 aliphatic rings. The van der Waals surface area contributed by atoms with Crippen LogP contribution in [0.25, 0.3) is 0 Å². The summed E-state index contributed by atoms with van der Waals surface area (Å²) in [7, 11) is 0. The van der Waals surface area contributed by atoms with E-state index in [2.05, 4.69) is 11.8 Å². The molecular formula is C15H29N3O. The van der Waals surface area contributed by atoms with Gasteiger partial charge in [-0.2, -0.15) is 0 Å². The Bertz CT molecular complexity index is 281. The predicted molar refractivity (Wildman–Crippen MR) is 77.9 cm³/mol. The fourth-order valence-electron chi connectivity index (χ4n) is 3.38.